The van der Waals surface area contributed by atoms with Gasteiger partial charge in [-0.1, -0.05) is 48.5 Å². The van der Waals surface area contributed by atoms with Crippen LogP contribution in [-0.2, 0) is 17.6 Å². The minimum atomic E-state index is -0.317. The Morgan fingerprint density at radius 1 is 1.07 bits per heavy atom. The third-order valence-electron chi connectivity index (χ3n) is 4.38. The van der Waals surface area contributed by atoms with Crippen molar-refractivity contribution >= 4 is 11.8 Å². The minimum Gasteiger partial charge on any atom is -0.462 e. The van der Waals surface area contributed by atoms with Crippen molar-refractivity contribution in [2.45, 2.75) is 19.8 Å². The number of nitrogen functional groups attached to an aromatic ring is 1. The average Bonchev–Trinajstić information content (AvgIpc) is 3.05. The van der Waals surface area contributed by atoms with Gasteiger partial charge in [0.05, 0.1) is 12.2 Å². The van der Waals surface area contributed by atoms with Crippen molar-refractivity contribution in [3.05, 3.63) is 94.3 Å². The third-order valence-corrected chi connectivity index (χ3v) is 4.38. The molecule has 5 heteroatoms. The molecule has 5 nitrogen and oxygen atoms in total. The second kappa shape index (κ2) is 8.36. The van der Waals surface area contributed by atoms with Gasteiger partial charge >= 0.3 is 5.97 Å². The van der Waals surface area contributed by atoms with Crippen LogP contribution in [-0.4, -0.2) is 23.4 Å². The predicted molar refractivity (Wildman–Crippen MR) is 106 cm³/mol. The highest BCUT2D eigenvalue weighted by molar-refractivity contribution is 5.95. The number of esters is 1. The molecule has 0 amide bonds. The predicted octanol–water partition coefficient (Wildman–Crippen LogP) is 3.66. The largest absolute Gasteiger partial charge is 0.462 e. The first-order chi connectivity index (χ1) is 13.1. The van der Waals surface area contributed by atoms with E-state index in [2.05, 4.69) is 4.98 Å². The summed E-state index contributed by atoms with van der Waals surface area (Å²) in [6.45, 7) is 2.13. The van der Waals surface area contributed by atoms with Crippen molar-refractivity contribution in [3.63, 3.8) is 0 Å². The molecule has 0 saturated heterocycles. The van der Waals surface area contributed by atoms with E-state index in [1.807, 2.05) is 54.7 Å². The van der Waals surface area contributed by atoms with Crippen molar-refractivity contribution in [1.82, 2.24) is 4.98 Å². The number of H-pyrrole nitrogens is 1. The lowest BCUT2D eigenvalue weighted by Crippen LogP contribution is -2.12. The van der Waals surface area contributed by atoms with E-state index in [0.29, 0.717) is 30.6 Å². The van der Waals surface area contributed by atoms with Gasteiger partial charge < -0.3 is 15.5 Å². The number of hydrogen-bond acceptors (Lipinski definition) is 3. The molecule has 3 aromatic rings. The highest BCUT2D eigenvalue weighted by atomic mass is 16.5. The Labute approximate surface area is 158 Å². The van der Waals surface area contributed by atoms with Crippen LogP contribution in [0, 0.1) is 5.41 Å². The number of benzene rings is 2. The highest BCUT2D eigenvalue weighted by Gasteiger charge is 2.20. The molecule has 0 unspecified atom stereocenters. The SMILES string of the molecule is CCOC(=O)c1c(Cc2ccccc2)c[nH]c1Cc1cccc(C(=N)N)c1. The zero-order valence-corrected chi connectivity index (χ0v) is 15.3. The summed E-state index contributed by atoms with van der Waals surface area (Å²) in [4.78, 5) is 15.9. The number of aromatic amines is 1. The Balaban J connectivity index is 1.93. The lowest BCUT2D eigenvalue weighted by molar-refractivity contribution is 0.0524. The molecule has 0 bridgehead atoms. The Bertz CT molecular complexity index is 945. The van der Waals surface area contributed by atoms with Crippen molar-refractivity contribution in [2.24, 2.45) is 5.73 Å². The molecule has 0 saturated carbocycles. The smallest absolute Gasteiger partial charge is 0.340 e. The van der Waals surface area contributed by atoms with Crippen LogP contribution in [0.15, 0.2) is 60.8 Å². The van der Waals surface area contributed by atoms with Gasteiger partial charge in [0, 0.05) is 23.9 Å². The fraction of sp³-hybridized carbons (Fsp3) is 0.182. The molecule has 1 heterocycles. The lowest BCUT2D eigenvalue weighted by atomic mass is 9.99. The average molecular weight is 361 g/mol. The molecule has 0 aliphatic heterocycles. The molecule has 0 atom stereocenters. The number of hydrogen-bond donors (Lipinski definition) is 3. The first kappa shape index (κ1) is 18.5. The van der Waals surface area contributed by atoms with Crippen LogP contribution >= 0.6 is 0 Å². The van der Waals surface area contributed by atoms with Crippen LogP contribution in [0.1, 0.15) is 45.2 Å². The number of carbonyl (C=O) groups excluding carboxylic acids is 1. The molecular formula is C22H23N3O2. The number of amidine groups is 1. The molecule has 0 fully saturated rings. The molecule has 27 heavy (non-hydrogen) atoms. The van der Waals surface area contributed by atoms with Gasteiger partial charge in [0.2, 0.25) is 0 Å². The Morgan fingerprint density at radius 3 is 2.52 bits per heavy atom. The fourth-order valence-electron chi connectivity index (χ4n) is 3.12. The summed E-state index contributed by atoms with van der Waals surface area (Å²) in [5.74, 6) is -0.291. The Hall–Kier alpha value is -3.34. The summed E-state index contributed by atoms with van der Waals surface area (Å²) in [6.07, 6.45) is 3.06. The van der Waals surface area contributed by atoms with E-state index in [-0.39, 0.29) is 11.8 Å². The van der Waals surface area contributed by atoms with Crippen molar-refractivity contribution < 1.29 is 9.53 Å². The zero-order valence-electron chi connectivity index (χ0n) is 15.3. The molecule has 4 N–H and O–H groups in total. The summed E-state index contributed by atoms with van der Waals surface area (Å²) < 4.78 is 5.29. The van der Waals surface area contributed by atoms with Crippen LogP contribution in [0.25, 0.3) is 0 Å². The molecular weight excluding hydrogens is 338 g/mol. The maximum Gasteiger partial charge on any atom is 0.340 e. The topological polar surface area (TPSA) is 92.0 Å². The van der Waals surface area contributed by atoms with Crippen LogP contribution in [0.2, 0.25) is 0 Å². The van der Waals surface area contributed by atoms with E-state index in [0.717, 1.165) is 22.4 Å². The van der Waals surface area contributed by atoms with Gasteiger partial charge in [0.25, 0.3) is 0 Å². The maximum absolute atomic E-state index is 12.6. The molecule has 0 aliphatic carbocycles. The Kier molecular flexibility index (Phi) is 5.71. The van der Waals surface area contributed by atoms with Crippen molar-refractivity contribution in [1.29, 1.82) is 5.41 Å². The number of rotatable bonds is 7. The summed E-state index contributed by atoms with van der Waals surface area (Å²) in [5, 5.41) is 7.60. The van der Waals surface area contributed by atoms with E-state index >= 15 is 0 Å². The third kappa shape index (κ3) is 4.44. The number of nitrogens with one attached hydrogen (secondary N) is 2. The quantitative estimate of drug-likeness (QED) is 0.341. The van der Waals surface area contributed by atoms with Gasteiger partial charge in [-0.25, -0.2) is 4.79 Å². The second-order valence-corrected chi connectivity index (χ2v) is 6.34. The van der Waals surface area contributed by atoms with Crippen molar-refractivity contribution in [2.75, 3.05) is 6.61 Å². The van der Waals surface area contributed by atoms with E-state index in [1.165, 1.54) is 0 Å². The number of nitrogens with two attached hydrogens (primary N) is 1. The number of carbonyl (C=O) groups is 1. The normalized spacial score (nSPS) is 10.6. The minimum absolute atomic E-state index is 0.0266. The van der Waals surface area contributed by atoms with Crippen molar-refractivity contribution in [3.8, 4) is 0 Å². The molecule has 1 aromatic heterocycles. The summed E-state index contributed by atoms with van der Waals surface area (Å²) in [6, 6.07) is 17.5. The highest BCUT2D eigenvalue weighted by Crippen LogP contribution is 2.22. The fourth-order valence-corrected chi connectivity index (χ4v) is 3.12. The van der Waals surface area contributed by atoms with Gasteiger partial charge in [0.15, 0.2) is 0 Å². The monoisotopic (exact) mass is 361 g/mol. The Morgan fingerprint density at radius 2 is 1.81 bits per heavy atom. The maximum atomic E-state index is 12.6. The summed E-state index contributed by atoms with van der Waals surface area (Å²) in [5.41, 5.74) is 10.7. The van der Waals surface area contributed by atoms with E-state index in [9.17, 15) is 4.79 Å². The summed E-state index contributed by atoms with van der Waals surface area (Å²) in [7, 11) is 0. The molecule has 0 spiro atoms. The van der Waals surface area contributed by atoms with E-state index in [1.54, 1.807) is 13.0 Å². The summed E-state index contributed by atoms with van der Waals surface area (Å²) >= 11 is 0. The van der Waals surface area contributed by atoms with E-state index < -0.39 is 0 Å². The van der Waals surface area contributed by atoms with E-state index in [4.69, 9.17) is 15.9 Å². The molecule has 0 aliphatic rings. The lowest BCUT2D eigenvalue weighted by Gasteiger charge is -2.08. The van der Waals surface area contributed by atoms with Gasteiger partial charge in [0.1, 0.15) is 5.84 Å². The number of ether oxygens (including phenoxy) is 1. The first-order valence-corrected chi connectivity index (χ1v) is 8.92. The molecule has 138 valence electrons. The molecule has 0 radical (unpaired) electrons. The van der Waals surface area contributed by atoms with Gasteiger partial charge in [-0.3, -0.25) is 5.41 Å². The number of aromatic nitrogens is 1. The van der Waals surface area contributed by atoms with Crippen LogP contribution in [0.5, 0.6) is 0 Å². The van der Waals surface area contributed by atoms with Gasteiger partial charge in [-0.05, 0) is 36.1 Å². The first-order valence-electron chi connectivity index (χ1n) is 8.92. The second-order valence-electron chi connectivity index (χ2n) is 6.34. The molecule has 3 rings (SSSR count). The van der Waals surface area contributed by atoms with Crippen LogP contribution < -0.4 is 5.73 Å². The van der Waals surface area contributed by atoms with Gasteiger partial charge in [-0.15, -0.1) is 0 Å². The molecule has 2 aromatic carbocycles. The zero-order chi connectivity index (χ0) is 19.2. The standard InChI is InChI=1S/C22H23N3O2/c1-2-27-22(26)20-18(11-15-7-4-3-5-8-15)14-25-19(20)13-16-9-6-10-17(12-16)21(23)24/h3-10,12,14,25H,2,11,13H2,1H3,(H3,23,24). The van der Waals surface area contributed by atoms with Gasteiger partial charge in [-0.2, -0.15) is 0 Å². The van der Waals surface area contributed by atoms with Crippen LogP contribution in [0.3, 0.4) is 0 Å². The van der Waals surface area contributed by atoms with Crippen LogP contribution in [0.4, 0.5) is 0 Å².